The number of benzene rings is 4. The van der Waals surface area contributed by atoms with Gasteiger partial charge in [-0.1, -0.05) is 52.5 Å². The summed E-state index contributed by atoms with van der Waals surface area (Å²) in [7, 11) is -7.81. The van der Waals surface area contributed by atoms with E-state index in [0.29, 0.717) is 10.7 Å². The number of sulfonamides is 2. The molecule has 0 spiro atoms. The quantitative estimate of drug-likeness (QED) is 0.199. The highest BCUT2D eigenvalue weighted by Gasteiger charge is 2.18. The summed E-state index contributed by atoms with van der Waals surface area (Å²) < 4.78 is 55.5. The average Bonchev–Trinajstić information content (AvgIpc) is 2.86. The maximum atomic E-state index is 12.8. The Kier molecular flexibility index (Phi) is 8.43. The molecule has 202 valence electrons. The summed E-state index contributed by atoms with van der Waals surface area (Å²) in [5.41, 5.74) is 1.66. The molecule has 4 aromatic rings. The molecule has 4 aromatic carbocycles. The van der Waals surface area contributed by atoms with E-state index in [1.807, 2.05) is 6.92 Å². The van der Waals surface area contributed by atoms with Crippen LogP contribution in [0.15, 0.2) is 94.7 Å². The molecule has 13 heteroatoms. The van der Waals surface area contributed by atoms with Crippen molar-refractivity contribution in [3.63, 3.8) is 0 Å². The highest BCUT2D eigenvalue weighted by atomic mass is 35.5. The minimum Gasteiger partial charge on any atom is -0.322 e. The van der Waals surface area contributed by atoms with Crippen LogP contribution in [0.2, 0.25) is 15.1 Å². The summed E-state index contributed by atoms with van der Waals surface area (Å²) >= 11 is 18.2. The molecule has 0 saturated heterocycles. The van der Waals surface area contributed by atoms with Crippen LogP contribution in [-0.2, 0) is 20.0 Å². The molecule has 0 aromatic heterocycles. The van der Waals surface area contributed by atoms with Crippen molar-refractivity contribution in [2.75, 3.05) is 14.8 Å². The number of carbonyl (C=O) groups excluding carboxylic acids is 1. The van der Waals surface area contributed by atoms with E-state index in [4.69, 9.17) is 34.8 Å². The number of halogens is 3. The van der Waals surface area contributed by atoms with Crippen LogP contribution in [-0.4, -0.2) is 22.7 Å². The molecule has 1 amide bonds. The summed E-state index contributed by atoms with van der Waals surface area (Å²) in [6, 6.07) is 20.3. The molecule has 0 heterocycles. The van der Waals surface area contributed by atoms with Gasteiger partial charge in [-0.3, -0.25) is 14.2 Å². The second kappa shape index (κ2) is 11.4. The van der Waals surface area contributed by atoms with Crippen LogP contribution in [0, 0.1) is 6.92 Å². The van der Waals surface area contributed by atoms with E-state index >= 15 is 0 Å². The van der Waals surface area contributed by atoms with Crippen molar-refractivity contribution in [2.45, 2.75) is 16.7 Å². The summed E-state index contributed by atoms with van der Waals surface area (Å²) in [6.07, 6.45) is 0. The second-order valence-electron chi connectivity index (χ2n) is 8.32. The summed E-state index contributed by atoms with van der Waals surface area (Å²) in [5, 5.41) is 3.14. The maximum absolute atomic E-state index is 12.8. The third-order valence-corrected chi connectivity index (χ3v) is 9.03. The number of rotatable bonds is 8. The number of carbonyl (C=O) groups is 1. The molecule has 0 aliphatic carbocycles. The lowest BCUT2D eigenvalue weighted by Crippen LogP contribution is -2.15. The van der Waals surface area contributed by atoms with E-state index in [2.05, 4.69) is 14.8 Å². The van der Waals surface area contributed by atoms with Crippen LogP contribution in [0.3, 0.4) is 0 Å². The van der Waals surface area contributed by atoms with E-state index in [1.165, 1.54) is 72.8 Å². The van der Waals surface area contributed by atoms with Crippen molar-refractivity contribution < 1.29 is 21.6 Å². The van der Waals surface area contributed by atoms with Gasteiger partial charge in [0.25, 0.3) is 26.0 Å². The number of aryl methyl sites for hydroxylation is 1. The van der Waals surface area contributed by atoms with Gasteiger partial charge in [0, 0.05) is 10.7 Å². The van der Waals surface area contributed by atoms with Gasteiger partial charge >= 0.3 is 0 Å². The highest BCUT2D eigenvalue weighted by molar-refractivity contribution is 7.93. The molecule has 39 heavy (non-hydrogen) atoms. The Morgan fingerprint density at radius 3 is 1.79 bits per heavy atom. The maximum Gasteiger partial charge on any atom is 0.261 e. The zero-order valence-electron chi connectivity index (χ0n) is 20.1. The Balaban J connectivity index is 1.44. The molecule has 0 aliphatic rings. The van der Waals surface area contributed by atoms with Crippen molar-refractivity contribution in [1.82, 2.24) is 0 Å². The van der Waals surface area contributed by atoms with Crippen molar-refractivity contribution in [1.29, 1.82) is 0 Å². The molecule has 0 unspecified atom stereocenters. The Morgan fingerprint density at radius 1 is 0.641 bits per heavy atom. The van der Waals surface area contributed by atoms with Crippen molar-refractivity contribution in [2.24, 2.45) is 0 Å². The van der Waals surface area contributed by atoms with Gasteiger partial charge in [-0.25, -0.2) is 16.8 Å². The zero-order valence-corrected chi connectivity index (χ0v) is 24.0. The zero-order chi connectivity index (χ0) is 28.4. The van der Waals surface area contributed by atoms with Crippen LogP contribution < -0.4 is 14.8 Å². The first-order valence-electron chi connectivity index (χ1n) is 11.1. The van der Waals surface area contributed by atoms with Gasteiger partial charge in [-0.2, -0.15) is 0 Å². The fourth-order valence-corrected chi connectivity index (χ4v) is 6.29. The number of nitrogens with one attached hydrogen (secondary N) is 3. The van der Waals surface area contributed by atoms with Gasteiger partial charge in [0.2, 0.25) is 0 Å². The van der Waals surface area contributed by atoms with Gasteiger partial charge in [0.1, 0.15) is 0 Å². The van der Waals surface area contributed by atoms with Crippen molar-refractivity contribution in [3.05, 3.63) is 111 Å². The Bertz CT molecular complexity index is 1760. The molecule has 0 fully saturated rings. The standard InChI is InChI=1S/C26H20Cl3N3O5S2/c1-16-2-8-20(9-3-16)38(34,35)31-19-7-12-22(23(28)15-19)26(33)30-18-5-10-21(11-6-18)39(36,37)32-25-13-4-17(27)14-24(25)29/h2-15,31-32H,1H3,(H,30,33). The average molecular weight is 625 g/mol. The molecule has 0 atom stereocenters. The first-order valence-corrected chi connectivity index (χ1v) is 15.2. The van der Waals surface area contributed by atoms with Crippen LogP contribution in [0.4, 0.5) is 17.1 Å². The lowest BCUT2D eigenvalue weighted by atomic mass is 10.2. The lowest BCUT2D eigenvalue weighted by molar-refractivity contribution is 0.102. The van der Waals surface area contributed by atoms with E-state index < -0.39 is 26.0 Å². The van der Waals surface area contributed by atoms with E-state index in [-0.39, 0.29) is 36.8 Å². The predicted molar refractivity (Wildman–Crippen MR) is 155 cm³/mol. The summed E-state index contributed by atoms with van der Waals surface area (Å²) in [5.74, 6) is -0.574. The molecule has 3 N–H and O–H groups in total. The summed E-state index contributed by atoms with van der Waals surface area (Å²) in [4.78, 5) is 12.8. The fraction of sp³-hybridized carbons (Fsp3) is 0.0385. The molecule has 0 aliphatic heterocycles. The topological polar surface area (TPSA) is 121 Å². The Labute approximate surface area is 241 Å². The SMILES string of the molecule is Cc1ccc(S(=O)(=O)Nc2ccc(C(=O)Nc3ccc(S(=O)(=O)Nc4ccc(Cl)cc4Cl)cc3)c(Cl)c2)cc1. The molecule has 8 nitrogen and oxygen atoms in total. The van der Waals surface area contributed by atoms with Crippen LogP contribution in [0.5, 0.6) is 0 Å². The molecular weight excluding hydrogens is 605 g/mol. The van der Waals surface area contributed by atoms with Gasteiger partial charge in [-0.05, 0) is 79.7 Å². The van der Waals surface area contributed by atoms with Crippen molar-refractivity contribution in [3.8, 4) is 0 Å². The molecule has 0 bridgehead atoms. The minimum atomic E-state index is -3.96. The summed E-state index contributed by atoms with van der Waals surface area (Å²) in [6.45, 7) is 1.85. The minimum absolute atomic E-state index is 0.0137. The number of anilines is 3. The van der Waals surface area contributed by atoms with Gasteiger partial charge in [-0.15, -0.1) is 0 Å². The van der Waals surface area contributed by atoms with E-state index in [0.717, 1.165) is 5.56 Å². The first-order chi connectivity index (χ1) is 18.3. The van der Waals surface area contributed by atoms with E-state index in [9.17, 15) is 21.6 Å². The number of hydrogen-bond donors (Lipinski definition) is 3. The highest BCUT2D eigenvalue weighted by Crippen LogP contribution is 2.28. The molecular formula is C26H20Cl3N3O5S2. The Morgan fingerprint density at radius 2 is 1.21 bits per heavy atom. The van der Waals surface area contributed by atoms with Gasteiger partial charge < -0.3 is 5.32 Å². The monoisotopic (exact) mass is 623 g/mol. The molecule has 4 rings (SSSR count). The second-order valence-corrected chi connectivity index (χ2v) is 12.9. The first kappa shape index (κ1) is 28.7. The number of hydrogen-bond acceptors (Lipinski definition) is 5. The van der Waals surface area contributed by atoms with Crippen LogP contribution in [0.25, 0.3) is 0 Å². The van der Waals surface area contributed by atoms with Gasteiger partial charge in [0.05, 0.1) is 36.8 Å². The van der Waals surface area contributed by atoms with Crippen LogP contribution in [0.1, 0.15) is 15.9 Å². The molecule has 0 saturated carbocycles. The largest absolute Gasteiger partial charge is 0.322 e. The van der Waals surface area contributed by atoms with Crippen molar-refractivity contribution >= 4 is 77.8 Å². The molecule has 0 radical (unpaired) electrons. The van der Waals surface area contributed by atoms with Crippen LogP contribution >= 0.6 is 34.8 Å². The van der Waals surface area contributed by atoms with E-state index in [1.54, 1.807) is 12.1 Å². The van der Waals surface area contributed by atoms with Gasteiger partial charge in [0.15, 0.2) is 0 Å². The third-order valence-electron chi connectivity index (χ3n) is 5.40. The lowest BCUT2D eigenvalue weighted by Gasteiger charge is -2.12. The smallest absolute Gasteiger partial charge is 0.261 e. The number of amides is 1. The Hall–Kier alpha value is -3.28. The third kappa shape index (κ3) is 7.03. The predicted octanol–water partition coefficient (Wildman–Crippen LogP) is 6.81. The normalized spacial score (nSPS) is 11.6. The fourth-order valence-electron chi connectivity index (χ4n) is 3.39.